The highest BCUT2D eigenvalue weighted by molar-refractivity contribution is 5.88. The molecule has 1 aromatic rings. The van der Waals surface area contributed by atoms with Crippen LogP contribution in [0.2, 0.25) is 0 Å². The second-order valence-corrected chi connectivity index (χ2v) is 5.60. The number of rotatable bonds is 7. The molecule has 0 heterocycles. The second-order valence-electron chi connectivity index (χ2n) is 5.60. The van der Waals surface area contributed by atoms with Gasteiger partial charge in [-0.3, -0.25) is 4.79 Å². The van der Waals surface area contributed by atoms with Crippen molar-refractivity contribution in [1.29, 1.82) is 0 Å². The molecule has 0 saturated heterocycles. The Morgan fingerprint density at radius 1 is 1.33 bits per heavy atom. The van der Waals surface area contributed by atoms with E-state index >= 15 is 0 Å². The Balaban J connectivity index is 2.80. The molecule has 1 rings (SSSR count). The summed E-state index contributed by atoms with van der Waals surface area (Å²) in [6.45, 7) is 5.12. The number of carbonyl (C=O) groups excluding carboxylic acids is 1. The topological polar surface area (TPSA) is 92.4 Å². The van der Waals surface area contributed by atoms with Crippen LogP contribution >= 0.6 is 0 Å². The number of carboxylic acids is 1. The molecule has 0 bridgehead atoms. The summed E-state index contributed by atoms with van der Waals surface area (Å²) in [5.74, 6) is -1.88. The largest absolute Gasteiger partial charge is 0.480 e. The summed E-state index contributed by atoms with van der Waals surface area (Å²) >= 11 is 0. The molecule has 5 heteroatoms. The summed E-state index contributed by atoms with van der Waals surface area (Å²) < 4.78 is 0. The van der Waals surface area contributed by atoms with Gasteiger partial charge in [0.1, 0.15) is 5.54 Å². The Bertz CT molecular complexity index is 490. The monoisotopic (exact) mass is 292 g/mol. The van der Waals surface area contributed by atoms with Crippen molar-refractivity contribution in [3.05, 3.63) is 35.9 Å². The van der Waals surface area contributed by atoms with Gasteiger partial charge in [0.2, 0.25) is 5.91 Å². The van der Waals surface area contributed by atoms with Crippen LogP contribution in [0, 0.1) is 5.92 Å². The first-order valence-corrected chi connectivity index (χ1v) is 7.17. The zero-order valence-electron chi connectivity index (χ0n) is 12.8. The van der Waals surface area contributed by atoms with Crippen molar-refractivity contribution in [2.24, 2.45) is 11.7 Å². The minimum atomic E-state index is -1.25. The van der Waals surface area contributed by atoms with E-state index in [1.54, 1.807) is 6.92 Å². The number of carboxylic acid groups (broad SMARTS) is 1. The van der Waals surface area contributed by atoms with Crippen molar-refractivity contribution in [2.75, 3.05) is 0 Å². The van der Waals surface area contributed by atoms with E-state index in [9.17, 15) is 14.7 Å². The molecule has 4 N–H and O–H groups in total. The van der Waals surface area contributed by atoms with Gasteiger partial charge in [-0.05, 0) is 18.9 Å². The molecule has 0 saturated carbocycles. The molecule has 5 nitrogen and oxygen atoms in total. The van der Waals surface area contributed by atoms with Crippen molar-refractivity contribution in [1.82, 2.24) is 5.32 Å². The fraction of sp³-hybridized carbons (Fsp3) is 0.500. The van der Waals surface area contributed by atoms with E-state index < -0.39 is 23.5 Å². The number of aliphatic carboxylic acids is 1. The van der Waals surface area contributed by atoms with Gasteiger partial charge < -0.3 is 16.2 Å². The number of amides is 1. The quantitative estimate of drug-likeness (QED) is 0.717. The van der Waals surface area contributed by atoms with E-state index in [-0.39, 0.29) is 5.91 Å². The van der Waals surface area contributed by atoms with Crippen LogP contribution < -0.4 is 11.1 Å². The maximum atomic E-state index is 12.3. The van der Waals surface area contributed by atoms with Crippen LogP contribution in [0.4, 0.5) is 0 Å². The highest BCUT2D eigenvalue weighted by atomic mass is 16.4. The minimum absolute atomic E-state index is 0.343. The van der Waals surface area contributed by atoms with Crippen LogP contribution in [-0.2, 0) is 9.59 Å². The summed E-state index contributed by atoms with van der Waals surface area (Å²) in [5, 5.41) is 11.9. The average molecular weight is 292 g/mol. The van der Waals surface area contributed by atoms with Crippen molar-refractivity contribution in [3.8, 4) is 0 Å². The van der Waals surface area contributed by atoms with Gasteiger partial charge >= 0.3 is 5.97 Å². The number of carbonyl (C=O) groups is 2. The van der Waals surface area contributed by atoms with Gasteiger partial charge in [-0.15, -0.1) is 0 Å². The van der Waals surface area contributed by atoms with E-state index in [0.717, 1.165) is 5.56 Å². The normalized spacial score (nSPS) is 16.6. The van der Waals surface area contributed by atoms with E-state index in [1.807, 2.05) is 37.3 Å². The predicted octanol–water partition coefficient (Wildman–Crippen LogP) is 2.08. The van der Waals surface area contributed by atoms with Crippen molar-refractivity contribution in [2.45, 2.75) is 45.2 Å². The molecule has 0 fully saturated rings. The third-order valence-electron chi connectivity index (χ3n) is 3.76. The van der Waals surface area contributed by atoms with Gasteiger partial charge in [0, 0.05) is 6.04 Å². The molecule has 21 heavy (non-hydrogen) atoms. The zero-order valence-corrected chi connectivity index (χ0v) is 12.8. The molecule has 1 aromatic carbocycles. The van der Waals surface area contributed by atoms with Gasteiger partial charge in [0.25, 0.3) is 0 Å². The average Bonchev–Trinajstić information content (AvgIpc) is 2.46. The molecule has 0 aliphatic rings. The van der Waals surface area contributed by atoms with Gasteiger partial charge in [-0.25, -0.2) is 4.79 Å². The first-order chi connectivity index (χ1) is 9.81. The summed E-state index contributed by atoms with van der Waals surface area (Å²) in [7, 11) is 0. The van der Waals surface area contributed by atoms with Crippen LogP contribution in [0.15, 0.2) is 30.3 Å². The van der Waals surface area contributed by atoms with E-state index in [4.69, 9.17) is 5.73 Å². The molecule has 0 radical (unpaired) electrons. The molecule has 0 spiro atoms. The minimum Gasteiger partial charge on any atom is -0.480 e. The lowest BCUT2D eigenvalue weighted by Gasteiger charge is -2.29. The van der Waals surface area contributed by atoms with Crippen molar-refractivity contribution < 1.29 is 14.7 Å². The molecule has 1 amide bonds. The van der Waals surface area contributed by atoms with Crippen LogP contribution in [0.1, 0.15) is 45.2 Å². The van der Waals surface area contributed by atoms with Crippen LogP contribution in [0.25, 0.3) is 0 Å². The fourth-order valence-corrected chi connectivity index (χ4v) is 2.24. The second kappa shape index (κ2) is 7.22. The molecule has 0 aromatic heterocycles. The van der Waals surface area contributed by atoms with E-state index in [0.29, 0.717) is 12.8 Å². The Hall–Kier alpha value is -1.88. The van der Waals surface area contributed by atoms with Crippen molar-refractivity contribution >= 4 is 11.9 Å². The predicted molar refractivity (Wildman–Crippen MR) is 81.6 cm³/mol. The highest BCUT2D eigenvalue weighted by Gasteiger charge is 2.36. The van der Waals surface area contributed by atoms with Gasteiger partial charge in [-0.1, -0.05) is 50.6 Å². The molecule has 3 atom stereocenters. The summed E-state index contributed by atoms with van der Waals surface area (Å²) in [6.07, 6.45) is 1.05. The van der Waals surface area contributed by atoms with E-state index in [2.05, 4.69) is 5.32 Å². The number of benzene rings is 1. The lowest BCUT2D eigenvalue weighted by atomic mass is 9.91. The molecule has 116 valence electrons. The van der Waals surface area contributed by atoms with E-state index in [1.165, 1.54) is 6.92 Å². The maximum absolute atomic E-state index is 12.3. The third-order valence-corrected chi connectivity index (χ3v) is 3.76. The first kappa shape index (κ1) is 17.2. The van der Waals surface area contributed by atoms with Crippen LogP contribution in [-0.4, -0.2) is 22.5 Å². The molecule has 0 aliphatic carbocycles. The maximum Gasteiger partial charge on any atom is 0.329 e. The standard InChI is InChI=1S/C16H24N2O3/c1-4-10-16(3,15(20)21)18-14(19)11(2)13(17)12-8-6-5-7-9-12/h5-9,11,13H,4,10,17H2,1-3H3,(H,18,19)(H,20,21). The molecular weight excluding hydrogens is 268 g/mol. The number of hydrogen-bond donors (Lipinski definition) is 3. The lowest BCUT2D eigenvalue weighted by Crippen LogP contribution is -2.54. The summed E-state index contributed by atoms with van der Waals surface area (Å²) in [6, 6.07) is 8.85. The number of nitrogens with two attached hydrogens (primary N) is 1. The number of hydrogen-bond acceptors (Lipinski definition) is 3. The van der Waals surface area contributed by atoms with Crippen LogP contribution in [0.5, 0.6) is 0 Å². The summed E-state index contributed by atoms with van der Waals surface area (Å²) in [5.41, 5.74) is 5.70. The first-order valence-electron chi connectivity index (χ1n) is 7.17. The van der Waals surface area contributed by atoms with Crippen LogP contribution in [0.3, 0.4) is 0 Å². The molecular formula is C16H24N2O3. The zero-order chi connectivity index (χ0) is 16.0. The number of nitrogens with one attached hydrogen (secondary N) is 1. The van der Waals surface area contributed by atoms with Crippen molar-refractivity contribution in [3.63, 3.8) is 0 Å². The summed E-state index contributed by atoms with van der Waals surface area (Å²) in [4.78, 5) is 23.7. The smallest absolute Gasteiger partial charge is 0.329 e. The van der Waals surface area contributed by atoms with Gasteiger partial charge in [-0.2, -0.15) is 0 Å². The molecule has 3 unspecified atom stereocenters. The highest BCUT2D eigenvalue weighted by Crippen LogP contribution is 2.21. The fourth-order valence-electron chi connectivity index (χ4n) is 2.24. The Morgan fingerprint density at radius 3 is 2.38 bits per heavy atom. The van der Waals surface area contributed by atoms with Gasteiger partial charge in [0.15, 0.2) is 0 Å². The molecule has 0 aliphatic heterocycles. The Morgan fingerprint density at radius 2 is 1.90 bits per heavy atom. The Labute approximate surface area is 125 Å². The SMILES string of the molecule is CCCC(C)(NC(=O)C(C)C(N)c1ccccc1)C(=O)O. The Kier molecular flexibility index (Phi) is 5.90. The third kappa shape index (κ3) is 4.29. The lowest BCUT2D eigenvalue weighted by molar-refractivity contribution is -0.148. The van der Waals surface area contributed by atoms with Gasteiger partial charge in [0.05, 0.1) is 5.92 Å².